The first-order valence-electron chi connectivity index (χ1n) is 17.9. The van der Waals surface area contributed by atoms with Gasteiger partial charge in [0.1, 0.15) is 11.1 Å². The fourth-order valence-corrected chi connectivity index (χ4v) is 9.97. The van der Waals surface area contributed by atoms with Crippen LogP contribution in [0.3, 0.4) is 0 Å². The van der Waals surface area contributed by atoms with E-state index in [1.165, 1.54) is 9.80 Å². The fraction of sp³-hybridized carbons (Fsp3) is 0.400. The second kappa shape index (κ2) is 12.3. The molecular formula is C40H44Cl2N8O4. The standard InChI is InChI=1S/C40H44Cl2N8O4/c1-35(21-51)13-25-7-5-23(27-9-29(41)17-45-15-27)11-31(25)37(19-35)33(53)49(3)39(43,47-37)40(44)48-38(34(54)50(40)4)20-36(2,22-52)14-26-8-6-24(12-32(26)38)28-10-30(42)18-46-16-28/h5-12,15-18,47-48,51-52H,13-14,19-22,43-44H2,1-4H3/t35-,36?,37?,38?,39?,40?/m0/s1. The molecular weight excluding hydrogens is 727 g/mol. The fourth-order valence-electron chi connectivity index (χ4n) is 9.62. The third kappa shape index (κ3) is 5.19. The van der Waals surface area contributed by atoms with Gasteiger partial charge in [-0.2, -0.15) is 0 Å². The maximum atomic E-state index is 15.0. The lowest BCUT2D eigenvalue weighted by Crippen LogP contribution is -2.85. The van der Waals surface area contributed by atoms with Crippen molar-refractivity contribution in [2.45, 2.75) is 62.2 Å². The highest BCUT2D eigenvalue weighted by Crippen LogP contribution is 2.54. The van der Waals surface area contributed by atoms with Gasteiger partial charge in [0.2, 0.25) is 11.8 Å². The van der Waals surface area contributed by atoms with Crippen LogP contribution in [-0.2, 0) is 33.5 Å². The van der Waals surface area contributed by atoms with Gasteiger partial charge in [-0.15, -0.1) is 0 Å². The largest absolute Gasteiger partial charge is 0.396 e. The van der Waals surface area contributed by atoms with E-state index < -0.39 is 33.5 Å². The van der Waals surface area contributed by atoms with Crippen LogP contribution in [0.15, 0.2) is 73.3 Å². The Kier molecular flexibility index (Phi) is 8.39. The van der Waals surface area contributed by atoms with Gasteiger partial charge >= 0.3 is 0 Å². The Morgan fingerprint density at radius 2 is 1.06 bits per heavy atom. The Labute approximate surface area is 323 Å². The monoisotopic (exact) mass is 770 g/mol. The van der Waals surface area contributed by atoms with Gasteiger partial charge in [-0.25, -0.2) is 0 Å². The molecule has 2 aromatic carbocycles. The van der Waals surface area contributed by atoms with Crippen molar-refractivity contribution in [2.24, 2.45) is 22.3 Å². The molecule has 4 aromatic rings. The first-order chi connectivity index (χ1) is 25.5. The lowest BCUT2D eigenvalue weighted by Gasteiger charge is -2.50. The molecule has 2 amide bonds. The molecule has 4 aliphatic rings. The van der Waals surface area contributed by atoms with Crippen LogP contribution in [0.25, 0.3) is 22.3 Å². The minimum Gasteiger partial charge on any atom is -0.396 e. The number of halogens is 2. The number of carbonyl (C=O) groups excluding carboxylic acids is 2. The number of hydrogen-bond acceptors (Lipinski definition) is 10. The van der Waals surface area contributed by atoms with Gasteiger partial charge in [0, 0.05) is 63.2 Å². The van der Waals surface area contributed by atoms with Gasteiger partial charge in [0.15, 0.2) is 11.6 Å². The van der Waals surface area contributed by atoms with E-state index in [-0.39, 0.29) is 37.9 Å². The number of nitrogens with zero attached hydrogens (tertiary/aromatic N) is 4. The van der Waals surface area contributed by atoms with Crippen LogP contribution < -0.4 is 22.1 Å². The normalized spacial score (nSPS) is 33.1. The first-order valence-corrected chi connectivity index (χ1v) is 18.6. The molecule has 5 unspecified atom stereocenters. The molecule has 2 spiro atoms. The molecule has 54 heavy (non-hydrogen) atoms. The smallest absolute Gasteiger partial charge is 0.250 e. The summed E-state index contributed by atoms with van der Waals surface area (Å²) in [5.41, 5.74) is 16.8. The highest BCUT2D eigenvalue weighted by atomic mass is 35.5. The predicted octanol–water partition coefficient (Wildman–Crippen LogP) is 3.45. The number of carbonyl (C=O) groups is 2. The number of benzene rings is 2. The summed E-state index contributed by atoms with van der Waals surface area (Å²) in [6.45, 7) is 3.52. The third-order valence-electron chi connectivity index (χ3n) is 12.4. The molecule has 0 saturated carbocycles. The second-order valence-electron chi connectivity index (χ2n) is 16.5. The number of hydrogen-bond donors (Lipinski definition) is 6. The number of rotatable bonds is 5. The van der Waals surface area contributed by atoms with E-state index in [9.17, 15) is 10.2 Å². The van der Waals surface area contributed by atoms with Crippen LogP contribution in [0.5, 0.6) is 0 Å². The summed E-state index contributed by atoms with van der Waals surface area (Å²) in [7, 11) is 3.16. The van der Waals surface area contributed by atoms with Crippen molar-refractivity contribution < 1.29 is 19.8 Å². The van der Waals surface area contributed by atoms with Crippen LogP contribution in [-0.4, -0.2) is 80.7 Å². The number of pyridine rings is 2. The molecule has 282 valence electrons. The zero-order valence-electron chi connectivity index (χ0n) is 30.6. The highest BCUT2D eigenvalue weighted by Gasteiger charge is 2.73. The number of likely N-dealkylation sites (N-methyl/N-ethyl adjacent to an activating group) is 2. The lowest BCUT2D eigenvalue weighted by molar-refractivity contribution is -0.143. The molecule has 8 N–H and O–H groups in total. The van der Waals surface area contributed by atoms with Crippen molar-refractivity contribution in [3.8, 4) is 22.3 Å². The molecule has 2 saturated heterocycles. The van der Waals surface area contributed by atoms with Gasteiger partial charge in [-0.1, -0.05) is 61.3 Å². The van der Waals surface area contributed by atoms with Crippen molar-refractivity contribution in [3.05, 3.63) is 106 Å². The molecule has 0 bridgehead atoms. The van der Waals surface area contributed by atoms with Crippen molar-refractivity contribution in [1.29, 1.82) is 0 Å². The summed E-state index contributed by atoms with van der Waals surface area (Å²) in [5, 5.41) is 29.4. The molecule has 0 radical (unpaired) electrons. The maximum absolute atomic E-state index is 15.0. The number of aromatic nitrogens is 2. The van der Waals surface area contributed by atoms with E-state index in [0.717, 1.165) is 33.4 Å². The Morgan fingerprint density at radius 3 is 1.41 bits per heavy atom. The number of amides is 2. The predicted molar refractivity (Wildman–Crippen MR) is 205 cm³/mol. The zero-order chi connectivity index (χ0) is 38.6. The first kappa shape index (κ1) is 37.0. The number of aliphatic hydroxyl groups excluding tert-OH is 2. The van der Waals surface area contributed by atoms with E-state index in [2.05, 4.69) is 20.6 Å². The minimum atomic E-state index is -1.89. The summed E-state index contributed by atoms with van der Waals surface area (Å²) < 4.78 is 0. The number of fused-ring (bicyclic) bond motifs is 4. The molecule has 14 heteroatoms. The van der Waals surface area contributed by atoms with E-state index in [1.807, 2.05) is 50.2 Å². The summed E-state index contributed by atoms with van der Waals surface area (Å²) in [6.07, 6.45) is 7.95. The summed E-state index contributed by atoms with van der Waals surface area (Å²) in [5.74, 6) is -4.50. The number of nitrogens with one attached hydrogen (secondary N) is 2. The summed E-state index contributed by atoms with van der Waals surface area (Å²) in [6, 6.07) is 15.3. The van der Waals surface area contributed by atoms with E-state index in [0.29, 0.717) is 34.0 Å². The van der Waals surface area contributed by atoms with Crippen molar-refractivity contribution in [1.82, 2.24) is 30.4 Å². The summed E-state index contributed by atoms with van der Waals surface area (Å²) in [4.78, 5) is 41.3. The van der Waals surface area contributed by atoms with Crippen molar-refractivity contribution >= 4 is 35.0 Å². The van der Waals surface area contributed by atoms with Crippen LogP contribution in [0.2, 0.25) is 10.0 Å². The maximum Gasteiger partial charge on any atom is 0.250 e. The SMILES string of the molecule is CN1C(=O)C2(CC(C)(CO)Cc3ccc(-c4cncc(Cl)c4)cc32)NC1(N)C1(N)NC2(C[C@@](C)(CO)Cc3ccc(-c4cncc(Cl)c4)cc32)C(=O)N1C. The minimum absolute atomic E-state index is 0.182. The zero-order valence-corrected chi connectivity index (χ0v) is 32.1. The van der Waals surface area contributed by atoms with Crippen LogP contribution >= 0.6 is 23.2 Å². The van der Waals surface area contributed by atoms with E-state index in [4.69, 9.17) is 34.7 Å². The molecule has 2 fully saturated rings. The van der Waals surface area contributed by atoms with E-state index >= 15 is 9.59 Å². The van der Waals surface area contributed by atoms with Gasteiger partial charge in [-0.3, -0.25) is 41.7 Å². The quantitative estimate of drug-likeness (QED) is 0.176. The van der Waals surface area contributed by atoms with Gasteiger partial charge in [0.25, 0.3) is 0 Å². The molecule has 2 aliphatic carbocycles. The summed E-state index contributed by atoms with van der Waals surface area (Å²) >= 11 is 12.6. The number of nitrogens with two attached hydrogens (primary N) is 2. The Hall–Kier alpha value is -3.98. The van der Waals surface area contributed by atoms with Gasteiger partial charge in [0.05, 0.1) is 10.0 Å². The topological polar surface area (TPSA) is 183 Å². The van der Waals surface area contributed by atoms with Gasteiger partial charge in [-0.05, 0) is 94.2 Å². The van der Waals surface area contributed by atoms with Crippen LogP contribution in [0.1, 0.15) is 48.9 Å². The Balaban J connectivity index is 1.27. The third-order valence-corrected chi connectivity index (χ3v) is 12.8. The Morgan fingerprint density at radius 1 is 0.667 bits per heavy atom. The molecule has 2 aromatic heterocycles. The van der Waals surface area contributed by atoms with E-state index in [1.54, 1.807) is 51.0 Å². The van der Waals surface area contributed by atoms with Crippen molar-refractivity contribution in [2.75, 3.05) is 27.3 Å². The molecule has 8 rings (SSSR count). The molecule has 4 heterocycles. The second-order valence-corrected chi connectivity index (χ2v) is 17.4. The van der Waals surface area contributed by atoms with Crippen LogP contribution in [0.4, 0.5) is 0 Å². The average Bonchev–Trinajstić information content (AvgIpc) is 3.47. The van der Waals surface area contributed by atoms with Crippen LogP contribution in [0, 0.1) is 10.8 Å². The molecule has 2 aliphatic heterocycles. The molecule has 12 nitrogen and oxygen atoms in total. The Bertz CT molecular complexity index is 2090. The average molecular weight is 772 g/mol. The molecule has 6 atom stereocenters. The lowest BCUT2D eigenvalue weighted by atomic mass is 9.64. The number of aliphatic hydroxyl groups is 2. The highest BCUT2D eigenvalue weighted by molar-refractivity contribution is 6.31. The van der Waals surface area contributed by atoms with Gasteiger partial charge < -0.3 is 20.0 Å². The van der Waals surface area contributed by atoms with Crippen molar-refractivity contribution in [3.63, 3.8) is 0 Å².